The normalized spacial score (nSPS) is 35.8. The Kier molecular flexibility index (Phi) is 47.0. The Labute approximate surface area is 716 Å². The molecule has 6 heterocycles. The fraction of sp³-hybridized carbons (Fsp3) is 0.926. The number of carboxylic acids is 2. The molecule has 0 aliphatic carbocycles. The fourth-order valence-corrected chi connectivity index (χ4v) is 16.7. The molecule has 6 rings (SSSR count). The Bertz CT molecular complexity index is 3070. The molecule has 123 heavy (non-hydrogen) atoms. The summed E-state index contributed by atoms with van der Waals surface area (Å²) in [7, 11) is 0. The van der Waals surface area contributed by atoms with E-state index in [2.05, 4.69) is 29.8 Å². The first-order valence-corrected chi connectivity index (χ1v) is 43.8. The third kappa shape index (κ3) is 30.7. The minimum absolute atomic E-state index is 0.121. The Morgan fingerprint density at radius 1 is 0.415 bits per heavy atom. The molecule has 0 saturated carbocycles. The topological polar surface area (TPSA) is 674 Å². The van der Waals surface area contributed by atoms with Gasteiger partial charge in [-0.15, -0.1) is 0 Å². The van der Waals surface area contributed by atoms with Gasteiger partial charge in [-0.3, -0.25) is 14.4 Å². The number of Topliss-reactive ketones (excluding diaryl/α,β-unsaturated/α-hetero) is 1. The first-order chi connectivity index (χ1) is 58.6. The number of carbonyl (C=O) groups excluding carboxylic acids is 4. The monoisotopic (exact) mass is 1780 g/mol. The van der Waals surface area contributed by atoms with Gasteiger partial charge in [-0.1, -0.05) is 162 Å². The summed E-state index contributed by atoms with van der Waals surface area (Å²) < 4.78 is 72.7. The largest absolute Gasteiger partial charge is 0.477 e. The van der Waals surface area contributed by atoms with E-state index in [1.54, 1.807) is 0 Å². The number of ether oxygens (including phenoxy) is 12. The van der Waals surface area contributed by atoms with E-state index >= 15 is 0 Å². The molecule has 42 heteroatoms. The summed E-state index contributed by atoms with van der Waals surface area (Å²) >= 11 is 0. The lowest BCUT2D eigenvalue weighted by molar-refractivity contribution is -0.408. The second-order valence-electron chi connectivity index (χ2n) is 33.5. The van der Waals surface area contributed by atoms with Crippen molar-refractivity contribution in [2.45, 2.75) is 422 Å². The van der Waals surface area contributed by atoms with E-state index in [9.17, 15) is 136 Å². The van der Waals surface area contributed by atoms with Crippen molar-refractivity contribution in [3.05, 3.63) is 0 Å². The number of carboxylic acid groups (broad SMARTS) is 2. The fourth-order valence-electron chi connectivity index (χ4n) is 16.7. The number of nitrogens with one attached hydrogen (secondary N) is 3. The predicted molar refractivity (Wildman–Crippen MR) is 423 cm³/mol. The second-order valence-corrected chi connectivity index (χ2v) is 33.5. The predicted octanol–water partition coefficient (Wildman–Crippen LogP) is -4.11. The average molecular weight is 1780 g/mol. The lowest BCUT2D eigenvalue weighted by Gasteiger charge is -2.53. The molecule has 0 aromatic rings. The number of aliphatic hydroxyl groups is 19. The summed E-state index contributed by atoms with van der Waals surface area (Å²) in [4.78, 5) is 79.6. The van der Waals surface area contributed by atoms with Gasteiger partial charge in [-0.05, 0) is 19.8 Å². The van der Waals surface area contributed by atoms with Gasteiger partial charge in [0.05, 0.1) is 88.8 Å². The standard InChI is InChI=1S/C81H143N3O39/c1-6-8-10-12-14-16-18-19-21-22-24-26-28-30-47(94)46(84-56(99)31-29-27-25-23-20-17-15-13-11-9-7-2)41-112-75-64(105)63(104)68(54(39-89)115-75)118-77-66(107)73(123-81(79(110)111)34-49(96)58(83-44(5)93)71(121-81)60(101)51(98)36-86)69(55(40-90)116-77)119-74-45(32-42(3)91)67(61(102)52(37-87)113-74)117-76-65(106)72(62(103)53(38-88)114-76)122-80(78(108)109)33-48(95)57(82-43(4)92)70(120-80)59(100)50(97)35-85/h45-55,57-77,85-90,94-98,100-107H,6-41H2,1-5H3,(H,82,92)(H,83,93)(H,84,99)(H,108,109)(H,110,111)/t45-,46+,47-,48+,49+,50-,51-,52-,53-,54-,55-,57-,58-,59-,60-,61+,62+,63-,64-,65-,66-,67-,68-,69+,70?,71?,72+,73-,74+,75-,76+,77+,80+,81+/m1/s1. The van der Waals surface area contributed by atoms with E-state index < -0.39 is 302 Å². The van der Waals surface area contributed by atoms with Crippen LogP contribution in [0, 0.1) is 5.92 Å². The van der Waals surface area contributed by atoms with Gasteiger partial charge in [0.25, 0.3) is 11.6 Å². The van der Waals surface area contributed by atoms with Crippen molar-refractivity contribution in [2.24, 2.45) is 5.92 Å². The van der Waals surface area contributed by atoms with Crippen molar-refractivity contribution in [1.82, 2.24) is 16.0 Å². The van der Waals surface area contributed by atoms with Gasteiger partial charge in [0.2, 0.25) is 17.7 Å². The number of ketones is 1. The van der Waals surface area contributed by atoms with Gasteiger partial charge in [0, 0.05) is 45.4 Å². The van der Waals surface area contributed by atoms with Crippen LogP contribution in [0.3, 0.4) is 0 Å². The molecule has 0 aromatic heterocycles. The van der Waals surface area contributed by atoms with Crippen molar-refractivity contribution in [2.75, 3.05) is 46.2 Å². The number of carbonyl (C=O) groups is 6. The third-order valence-electron chi connectivity index (χ3n) is 23.7. The number of amides is 3. The second kappa shape index (κ2) is 53.8. The van der Waals surface area contributed by atoms with E-state index in [0.29, 0.717) is 12.8 Å². The molecule has 34 atom stereocenters. The summed E-state index contributed by atoms with van der Waals surface area (Å²) in [6.07, 6.45) is -39.2. The van der Waals surface area contributed by atoms with Crippen molar-refractivity contribution in [1.29, 1.82) is 0 Å². The molecule has 2 unspecified atom stereocenters. The first kappa shape index (κ1) is 108. The van der Waals surface area contributed by atoms with Crippen molar-refractivity contribution in [3.8, 4) is 0 Å². The lowest BCUT2D eigenvalue weighted by Crippen LogP contribution is -2.71. The number of aliphatic carboxylic acids is 2. The van der Waals surface area contributed by atoms with E-state index in [1.807, 2.05) is 0 Å². The van der Waals surface area contributed by atoms with Crippen LogP contribution < -0.4 is 16.0 Å². The highest BCUT2D eigenvalue weighted by Gasteiger charge is 2.64. The minimum atomic E-state index is -3.48. The van der Waals surface area contributed by atoms with E-state index in [0.717, 1.165) is 85.0 Å². The molecule has 716 valence electrons. The van der Waals surface area contributed by atoms with Crippen molar-refractivity contribution < 1.29 is 193 Å². The maximum Gasteiger partial charge on any atom is 0.364 e. The molecule has 0 spiro atoms. The van der Waals surface area contributed by atoms with Crippen LogP contribution in [0.2, 0.25) is 0 Å². The molecule has 42 nitrogen and oxygen atoms in total. The summed E-state index contributed by atoms with van der Waals surface area (Å²) in [5, 5.41) is 245. The van der Waals surface area contributed by atoms with Crippen LogP contribution in [0.5, 0.6) is 0 Å². The summed E-state index contributed by atoms with van der Waals surface area (Å²) in [6, 6.07) is -4.68. The quantitative estimate of drug-likeness (QED) is 0.0257. The molecule has 24 N–H and O–H groups in total. The highest BCUT2D eigenvalue weighted by molar-refractivity contribution is 5.78. The summed E-state index contributed by atoms with van der Waals surface area (Å²) in [6.45, 7) is -0.587. The highest BCUT2D eigenvalue weighted by Crippen LogP contribution is 2.44. The Morgan fingerprint density at radius 2 is 0.789 bits per heavy atom. The van der Waals surface area contributed by atoms with Crippen LogP contribution in [-0.2, 0) is 85.6 Å². The Morgan fingerprint density at radius 3 is 1.21 bits per heavy atom. The van der Waals surface area contributed by atoms with Crippen LogP contribution in [0.4, 0.5) is 0 Å². The lowest BCUT2D eigenvalue weighted by atomic mass is 9.86. The molecule has 3 amide bonds. The molecule has 6 fully saturated rings. The van der Waals surface area contributed by atoms with Crippen LogP contribution in [-0.4, -0.2) is 390 Å². The molecule has 0 aromatic carbocycles. The molecule has 6 aliphatic heterocycles. The van der Waals surface area contributed by atoms with E-state index in [4.69, 9.17) is 56.8 Å². The maximum atomic E-state index is 14.0. The number of aliphatic hydroxyl groups excluding tert-OH is 19. The zero-order valence-electron chi connectivity index (χ0n) is 71.2. The van der Waals surface area contributed by atoms with E-state index in [1.165, 1.54) is 77.0 Å². The Hall–Kier alpha value is -4.22. The van der Waals surface area contributed by atoms with Gasteiger partial charge < -0.3 is 185 Å². The van der Waals surface area contributed by atoms with Gasteiger partial charge in [-0.2, -0.15) is 0 Å². The number of unbranched alkanes of at least 4 members (excludes halogenated alkanes) is 22. The minimum Gasteiger partial charge on any atom is -0.477 e. The van der Waals surface area contributed by atoms with Crippen molar-refractivity contribution in [3.63, 3.8) is 0 Å². The molecular weight excluding hydrogens is 1640 g/mol. The molecule has 6 saturated heterocycles. The highest BCUT2D eigenvalue weighted by atomic mass is 16.8. The van der Waals surface area contributed by atoms with Crippen LogP contribution >= 0.6 is 0 Å². The smallest absolute Gasteiger partial charge is 0.364 e. The summed E-state index contributed by atoms with van der Waals surface area (Å²) in [5.41, 5.74) is 0. The van der Waals surface area contributed by atoms with Crippen LogP contribution in [0.25, 0.3) is 0 Å². The number of hydrogen-bond acceptors (Lipinski definition) is 37. The van der Waals surface area contributed by atoms with Gasteiger partial charge in [0.15, 0.2) is 25.2 Å². The SMILES string of the molecule is CCCCCCCCCCCCCCC[C@@H](O)[C@H](CO[C@@H]1O[C@H](CO)[C@@H](O[C@@H]2O[C@H](CO)[C@H](O[C@@H]3O[C@H](CO)[C@H](O)[C@H](O[C@@H]4O[C@H](CO)[C@H](O)[C@H](O[C@]5(C(=O)O)C[C@H](O)[C@@H](NC(C)=O)C([C@H](O)[C@H](O)CO)O5)[C@H]4O)[C@H]3CC(C)=O)[C@H](O[C@]3(C(=O)O)C[C@H](O)[C@@H](NC(C)=O)C([C@H](O)[C@H](O)CO)O3)[C@H]2O)[C@H](O)[C@H]1O)NC(=O)CCCCCCCCCCCCC. The zero-order chi connectivity index (χ0) is 91.0. The maximum absolute atomic E-state index is 14.0. The van der Waals surface area contributed by atoms with Gasteiger partial charge in [-0.25, -0.2) is 9.59 Å². The van der Waals surface area contributed by atoms with Crippen LogP contribution in [0.15, 0.2) is 0 Å². The molecular formula is C81H143N3O39. The Balaban J connectivity index is 1.32. The van der Waals surface area contributed by atoms with Gasteiger partial charge in [0.1, 0.15) is 128 Å². The van der Waals surface area contributed by atoms with Gasteiger partial charge >= 0.3 is 11.9 Å². The van der Waals surface area contributed by atoms with E-state index in [-0.39, 0.29) is 18.7 Å². The number of hydrogen-bond donors (Lipinski definition) is 24. The first-order valence-electron chi connectivity index (χ1n) is 43.8. The van der Waals surface area contributed by atoms with Crippen molar-refractivity contribution >= 4 is 35.4 Å². The zero-order valence-corrected chi connectivity index (χ0v) is 71.2. The van der Waals surface area contributed by atoms with Crippen LogP contribution in [0.1, 0.15) is 221 Å². The summed E-state index contributed by atoms with van der Waals surface area (Å²) in [5.74, 6) is -16.0. The molecule has 6 aliphatic rings. The third-order valence-corrected chi connectivity index (χ3v) is 23.7. The molecule has 0 radical (unpaired) electrons. The average Bonchev–Trinajstić information content (AvgIpc) is 0.746. The number of rotatable bonds is 57. The molecule has 0 bridgehead atoms.